The molecule has 1 aromatic heterocycles. The van der Waals surface area contributed by atoms with E-state index in [0.717, 1.165) is 55.8 Å². The summed E-state index contributed by atoms with van der Waals surface area (Å²) in [6.07, 6.45) is 3.30. The number of aromatic nitrogens is 2. The molecule has 1 spiro atoms. The monoisotopic (exact) mass is 480 g/mol. The van der Waals surface area contributed by atoms with Crippen LogP contribution < -0.4 is 10.1 Å². The number of aryl methyl sites for hydroxylation is 1. The van der Waals surface area contributed by atoms with E-state index >= 15 is 0 Å². The summed E-state index contributed by atoms with van der Waals surface area (Å²) in [6, 6.07) is 6.66. The topological polar surface area (TPSA) is 68.6 Å². The first-order valence-electron chi connectivity index (χ1n) is 13.0. The van der Waals surface area contributed by atoms with Gasteiger partial charge in [-0.2, -0.15) is 5.10 Å². The Morgan fingerprint density at radius 3 is 2.57 bits per heavy atom. The Bertz CT molecular complexity index is 1140. The molecule has 1 unspecified atom stereocenters. The maximum Gasteiger partial charge on any atom is 0.410 e. The zero-order chi connectivity index (χ0) is 25.2. The minimum atomic E-state index is -0.503. The van der Waals surface area contributed by atoms with Crippen LogP contribution in [-0.2, 0) is 10.3 Å². The highest BCUT2D eigenvalue weighted by Crippen LogP contribution is 2.51. The number of nitrogens with one attached hydrogen (secondary N) is 1. The number of hydrogen-bond acceptors (Lipinski definition) is 5. The Labute approximate surface area is 209 Å². The fourth-order valence-corrected chi connectivity index (χ4v) is 6.20. The summed E-state index contributed by atoms with van der Waals surface area (Å²) in [4.78, 5) is 14.8. The highest BCUT2D eigenvalue weighted by molar-refractivity contribution is 5.75. The minimum Gasteiger partial charge on any atom is -0.482 e. The first-order chi connectivity index (χ1) is 16.4. The summed E-state index contributed by atoms with van der Waals surface area (Å²) >= 11 is 0. The van der Waals surface area contributed by atoms with Crippen LogP contribution >= 0.6 is 0 Å². The third kappa shape index (κ3) is 4.22. The van der Waals surface area contributed by atoms with Crippen molar-refractivity contribution in [3.8, 4) is 17.0 Å². The molecule has 4 heterocycles. The largest absolute Gasteiger partial charge is 0.482 e. The molecule has 0 saturated carbocycles. The number of carbonyl (C=O) groups excluding carboxylic acids is 1. The first kappa shape index (κ1) is 24.2. The van der Waals surface area contributed by atoms with Crippen molar-refractivity contribution >= 4 is 6.09 Å². The zero-order valence-electron chi connectivity index (χ0n) is 22.3. The second-order valence-electron chi connectivity index (χ2n) is 12.2. The molecule has 2 fully saturated rings. The van der Waals surface area contributed by atoms with Crippen LogP contribution in [0.15, 0.2) is 18.2 Å². The number of rotatable bonds is 1. The molecule has 35 heavy (non-hydrogen) atoms. The number of nitrogens with zero attached hydrogens (tertiary/aromatic N) is 3. The molecule has 0 radical (unpaired) electrons. The van der Waals surface area contributed by atoms with Crippen LogP contribution in [0, 0.1) is 13.8 Å². The van der Waals surface area contributed by atoms with E-state index in [-0.39, 0.29) is 23.3 Å². The standard InChI is InChI=1S/C28H40N4O3/c1-18-8-9-21-22(16-18)34-28(11-13-29-14-12-28)23-19(2)32(30-24(21)23)20-10-15-31(27(6,7)17-20)25(33)35-26(3,4)5/h8-9,16,20,29H,10-15,17H2,1-7H3. The normalized spacial score (nSPS) is 22.8. The van der Waals surface area contributed by atoms with Crippen LogP contribution in [0.3, 0.4) is 0 Å². The summed E-state index contributed by atoms with van der Waals surface area (Å²) < 4.78 is 14.8. The fourth-order valence-electron chi connectivity index (χ4n) is 6.20. The van der Waals surface area contributed by atoms with Crippen molar-refractivity contribution in [1.29, 1.82) is 0 Å². The van der Waals surface area contributed by atoms with E-state index in [4.69, 9.17) is 14.6 Å². The lowest BCUT2D eigenvalue weighted by Gasteiger charge is -2.45. The van der Waals surface area contributed by atoms with Gasteiger partial charge in [-0.1, -0.05) is 6.07 Å². The number of fused-ring (bicyclic) bond motifs is 4. The number of benzene rings is 1. The molecule has 1 aromatic carbocycles. The van der Waals surface area contributed by atoms with Gasteiger partial charge in [0.05, 0.1) is 6.04 Å². The van der Waals surface area contributed by atoms with Crippen LogP contribution in [-0.4, -0.2) is 51.5 Å². The minimum absolute atomic E-state index is 0.210. The molecule has 3 aliphatic rings. The summed E-state index contributed by atoms with van der Waals surface area (Å²) in [6.45, 7) is 16.9. The van der Waals surface area contributed by atoms with Crippen molar-refractivity contribution in [1.82, 2.24) is 20.0 Å². The van der Waals surface area contributed by atoms with Crippen molar-refractivity contribution in [2.75, 3.05) is 19.6 Å². The maximum absolute atomic E-state index is 12.9. The van der Waals surface area contributed by atoms with Crippen LogP contribution in [0.4, 0.5) is 4.79 Å². The van der Waals surface area contributed by atoms with Crippen molar-refractivity contribution in [3.63, 3.8) is 0 Å². The number of piperidine rings is 2. The quantitative estimate of drug-likeness (QED) is 0.585. The summed E-state index contributed by atoms with van der Waals surface area (Å²) in [5.41, 5.74) is 4.63. The Balaban J connectivity index is 1.51. The van der Waals surface area contributed by atoms with Crippen molar-refractivity contribution in [2.24, 2.45) is 0 Å². The highest BCUT2D eigenvalue weighted by atomic mass is 16.6. The van der Waals surface area contributed by atoms with Gasteiger partial charge in [0.15, 0.2) is 0 Å². The van der Waals surface area contributed by atoms with E-state index in [9.17, 15) is 4.79 Å². The smallest absolute Gasteiger partial charge is 0.410 e. The predicted molar refractivity (Wildman–Crippen MR) is 137 cm³/mol. The van der Waals surface area contributed by atoms with Crippen molar-refractivity contribution in [2.45, 2.75) is 96.9 Å². The van der Waals surface area contributed by atoms with Gasteiger partial charge < -0.3 is 19.7 Å². The fraction of sp³-hybridized carbons (Fsp3) is 0.643. The molecule has 1 atom stereocenters. The van der Waals surface area contributed by atoms with Crippen LogP contribution in [0.5, 0.6) is 5.75 Å². The number of carbonyl (C=O) groups is 1. The lowest BCUT2D eigenvalue weighted by Crippen LogP contribution is -2.54. The second-order valence-corrected chi connectivity index (χ2v) is 12.2. The molecular weight excluding hydrogens is 440 g/mol. The number of likely N-dealkylation sites (tertiary alicyclic amines) is 1. The first-order valence-corrected chi connectivity index (χ1v) is 13.0. The van der Waals surface area contributed by atoms with E-state index < -0.39 is 5.60 Å². The van der Waals surface area contributed by atoms with Gasteiger partial charge in [0.25, 0.3) is 0 Å². The summed E-state index contributed by atoms with van der Waals surface area (Å²) in [5.74, 6) is 0.948. The molecular formula is C28H40N4O3. The molecule has 1 amide bonds. The molecule has 1 N–H and O–H groups in total. The van der Waals surface area contributed by atoms with Gasteiger partial charge >= 0.3 is 6.09 Å². The van der Waals surface area contributed by atoms with Gasteiger partial charge in [0, 0.05) is 41.7 Å². The van der Waals surface area contributed by atoms with E-state index in [1.165, 1.54) is 16.8 Å². The SMILES string of the molecule is Cc1ccc2c(c1)OC1(CCNCC1)c1c-2nn(C2CCN(C(=O)OC(C)(C)C)C(C)(C)C2)c1C. The van der Waals surface area contributed by atoms with Gasteiger partial charge in [0.1, 0.15) is 22.6 Å². The average molecular weight is 481 g/mol. The molecule has 3 aliphatic heterocycles. The molecule has 7 nitrogen and oxygen atoms in total. The highest BCUT2D eigenvalue weighted by Gasteiger charge is 2.47. The molecule has 0 bridgehead atoms. The van der Waals surface area contributed by atoms with Crippen molar-refractivity contribution in [3.05, 3.63) is 35.0 Å². The number of amides is 1. The molecule has 7 heteroatoms. The van der Waals surface area contributed by atoms with Gasteiger partial charge in [-0.25, -0.2) is 4.79 Å². The van der Waals surface area contributed by atoms with E-state index in [0.29, 0.717) is 6.54 Å². The van der Waals surface area contributed by atoms with Gasteiger partial charge in [-0.3, -0.25) is 4.68 Å². The number of ether oxygens (including phenoxy) is 2. The summed E-state index contributed by atoms with van der Waals surface area (Å²) in [7, 11) is 0. The van der Waals surface area contributed by atoms with Crippen LogP contribution in [0.25, 0.3) is 11.3 Å². The third-order valence-electron chi connectivity index (χ3n) is 7.83. The van der Waals surface area contributed by atoms with Crippen LogP contribution in [0.2, 0.25) is 0 Å². The van der Waals surface area contributed by atoms with Crippen LogP contribution in [0.1, 0.15) is 83.2 Å². The summed E-state index contributed by atoms with van der Waals surface area (Å²) in [5, 5.41) is 8.77. The van der Waals surface area contributed by atoms with Crippen molar-refractivity contribution < 1.29 is 14.3 Å². The van der Waals surface area contributed by atoms with Gasteiger partial charge in [0.2, 0.25) is 0 Å². The maximum atomic E-state index is 12.9. The Morgan fingerprint density at radius 2 is 1.91 bits per heavy atom. The lowest BCUT2D eigenvalue weighted by atomic mass is 9.80. The molecule has 5 rings (SSSR count). The van der Waals surface area contributed by atoms with E-state index in [1.807, 2.05) is 25.7 Å². The molecule has 190 valence electrons. The second kappa shape index (κ2) is 8.26. The molecule has 2 saturated heterocycles. The van der Waals surface area contributed by atoms with Gasteiger partial charge in [-0.15, -0.1) is 0 Å². The Morgan fingerprint density at radius 1 is 1.20 bits per heavy atom. The van der Waals surface area contributed by atoms with Gasteiger partial charge in [-0.05, 0) is 92.1 Å². The predicted octanol–water partition coefficient (Wildman–Crippen LogP) is 5.49. The average Bonchev–Trinajstić information content (AvgIpc) is 3.10. The van der Waals surface area contributed by atoms with E-state index in [2.05, 4.69) is 55.9 Å². The zero-order valence-corrected chi connectivity index (χ0v) is 22.3. The Hall–Kier alpha value is -2.54. The Kier molecular flexibility index (Phi) is 5.70. The molecule has 2 aromatic rings. The molecule has 0 aliphatic carbocycles. The third-order valence-corrected chi connectivity index (χ3v) is 7.83. The lowest BCUT2D eigenvalue weighted by molar-refractivity contribution is -0.0144. The number of hydrogen-bond donors (Lipinski definition) is 1. The van der Waals surface area contributed by atoms with E-state index in [1.54, 1.807) is 0 Å².